The van der Waals surface area contributed by atoms with Crippen LogP contribution >= 0.6 is 0 Å². The molecule has 0 aliphatic carbocycles. The minimum absolute atomic E-state index is 0.0988. The van der Waals surface area contributed by atoms with Crippen LogP contribution in [-0.4, -0.2) is 17.9 Å². The predicted molar refractivity (Wildman–Crippen MR) is 98.4 cm³/mol. The van der Waals surface area contributed by atoms with Gasteiger partial charge in [0.15, 0.2) is 0 Å². The van der Waals surface area contributed by atoms with E-state index in [1.54, 1.807) is 12.1 Å². The summed E-state index contributed by atoms with van der Waals surface area (Å²) >= 11 is 0. The average molecular weight is 325 g/mol. The minimum Gasteiger partial charge on any atom is -0.374 e. The van der Waals surface area contributed by atoms with Gasteiger partial charge in [-0.1, -0.05) is 18.2 Å². The number of carbonyl (C=O) groups is 2. The SMILES string of the molecule is CC(=O)Nc1ccc(NC(C)C(=O)Nc2c(C)cccc2C)cc1. The number of hydrogen-bond donors (Lipinski definition) is 3. The molecule has 3 N–H and O–H groups in total. The Kier molecular flexibility index (Phi) is 5.58. The van der Waals surface area contributed by atoms with Gasteiger partial charge in [0.2, 0.25) is 11.8 Å². The molecule has 0 heterocycles. The van der Waals surface area contributed by atoms with E-state index in [2.05, 4.69) is 16.0 Å². The maximum Gasteiger partial charge on any atom is 0.246 e. The maximum atomic E-state index is 12.4. The smallest absolute Gasteiger partial charge is 0.246 e. The molecular weight excluding hydrogens is 302 g/mol. The first-order valence-electron chi connectivity index (χ1n) is 7.88. The number of benzene rings is 2. The van der Waals surface area contributed by atoms with Gasteiger partial charge in [0.05, 0.1) is 0 Å². The molecule has 2 aromatic carbocycles. The van der Waals surface area contributed by atoms with Crippen LogP contribution in [-0.2, 0) is 9.59 Å². The minimum atomic E-state index is -0.393. The number of carbonyl (C=O) groups excluding carboxylic acids is 2. The molecule has 24 heavy (non-hydrogen) atoms. The molecule has 0 saturated carbocycles. The molecule has 0 fully saturated rings. The molecule has 1 unspecified atom stereocenters. The number of para-hydroxylation sites is 1. The molecule has 0 radical (unpaired) electrons. The molecule has 2 amide bonds. The van der Waals surface area contributed by atoms with Crippen molar-refractivity contribution in [2.24, 2.45) is 0 Å². The van der Waals surface area contributed by atoms with Crippen molar-refractivity contribution in [2.75, 3.05) is 16.0 Å². The lowest BCUT2D eigenvalue weighted by Gasteiger charge is -2.18. The summed E-state index contributed by atoms with van der Waals surface area (Å²) in [7, 11) is 0. The van der Waals surface area contributed by atoms with Gasteiger partial charge in [-0.15, -0.1) is 0 Å². The van der Waals surface area contributed by atoms with Gasteiger partial charge in [0, 0.05) is 24.0 Å². The van der Waals surface area contributed by atoms with Gasteiger partial charge in [0.1, 0.15) is 6.04 Å². The summed E-state index contributed by atoms with van der Waals surface area (Å²) in [4.78, 5) is 23.4. The highest BCUT2D eigenvalue weighted by molar-refractivity contribution is 5.97. The Morgan fingerprint density at radius 2 is 1.42 bits per heavy atom. The lowest BCUT2D eigenvalue weighted by atomic mass is 10.1. The first-order valence-corrected chi connectivity index (χ1v) is 7.88. The number of hydrogen-bond acceptors (Lipinski definition) is 3. The topological polar surface area (TPSA) is 70.2 Å². The standard InChI is InChI=1S/C19H23N3O2/c1-12-6-5-7-13(2)18(12)22-19(24)14(3)20-16-8-10-17(11-9-16)21-15(4)23/h5-11,14,20H,1-4H3,(H,21,23)(H,22,24). The molecule has 5 nitrogen and oxygen atoms in total. The van der Waals surface area contributed by atoms with Crippen molar-refractivity contribution < 1.29 is 9.59 Å². The Morgan fingerprint density at radius 1 is 0.875 bits per heavy atom. The normalized spacial score (nSPS) is 11.5. The molecule has 5 heteroatoms. The highest BCUT2D eigenvalue weighted by atomic mass is 16.2. The third-order valence-electron chi connectivity index (χ3n) is 3.71. The van der Waals surface area contributed by atoms with Crippen LogP contribution in [0.4, 0.5) is 17.1 Å². The zero-order valence-electron chi connectivity index (χ0n) is 14.4. The highest BCUT2D eigenvalue weighted by Gasteiger charge is 2.14. The molecule has 2 rings (SSSR count). The molecule has 0 spiro atoms. The summed E-state index contributed by atoms with van der Waals surface area (Å²) in [5.74, 6) is -0.213. The van der Waals surface area contributed by atoms with Crippen LogP contribution in [0.15, 0.2) is 42.5 Å². The number of anilines is 3. The van der Waals surface area contributed by atoms with Crippen molar-refractivity contribution in [2.45, 2.75) is 33.7 Å². The fraction of sp³-hybridized carbons (Fsp3) is 0.263. The van der Waals surface area contributed by atoms with Crippen LogP contribution in [0.5, 0.6) is 0 Å². The Bertz CT molecular complexity index is 719. The lowest BCUT2D eigenvalue weighted by molar-refractivity contribution is -0.116. The van der Waals surface area contributed by atoms with Gasteiger partial charge in [-0.05, 0) is 56.2 Å². The van der Waals surface area contributed by atoms with E-state index in [1.165, 1.54) is 6.92 Å². The van der Waals surface area contributed by atoms with Gasteiger partial charge in [0.25, 0.3) is 0 Å². The molecule has 0 saturated heterocycles. The van der Waals surface area contributed by atoms with E-state index in [0.717, 1.165) is 28.2 Å². The fourth-order valence-corrected chi connectivity index (χ4v) is 2.41. The third-order valence-corrected chi connectivity index (χ3v) is 3.71. The van der Waals surface area contributed by atoms with Crippen LogP contribution in [0.2, 0.25) is 0 Å². The Hall–Kier alpha value is -2.82. The van der Waals surface area contributed by atoms with Crippen molar-refractivity contribution in [3.8, 4) is 0 Å². The van der Waals surface area contributed by atoms with E-state index in [9.17, 15) is 9.59 Å². The van der Waals surface area contributed by atoms with E-state index < -0.39 is 6.04 Å². The van der Waals surface area contributed by atoms with Gasteiger partial charge < -0.3 is 16.0 Å². The highest BCUT2D eigenvalue weighted by Crippen LogP contribution is 2.20. The molecule has 0 bridgehead atoms. The van der Waals surface area contributed by atoms with Gasteiger partial charge >= 0.3 is 0 Å². The largest absolute Gasteiger partial charge is 0.374 e. The Labute approximate surface area is 142 Å². The van der Waals surface area contributed by atoms with Crippen LogP contribution in [0, 0.1) is 13.8 Å². The quantitative estimate of drug-likeness (QED) is 0.785. The van der Waals surface area contributed by atoms with Crippen molar-refractivity contribution in [1.82, 2.24) is 0 Å². The van der Waals surface area contributed by atoms with Crippen LogP contribution in [0.25, 0.3) is 0 Å². The zero-order chi connectivity index (χ0) is 17.7. The summed E-state index contributed by atoms with van der Waals surface area (Å²) in [6, 6.07) is 12.8. The van der Waals surface area contributed by atoms with E-state index in [0.29, 0.717) is 0 Å². The van der Waals surface area contributed by atoms with E-state index >= 15 is 0 Å². The number of amides is 2. The van der Waals surface area contributed by atoms with Gasteiger partial charge in [-0.25, -0.2) is 0 Å². The van der Waals surface area contributed by atoms with Crippen molar-refractivity contribution in [3.05, 3.63) is 53.6 Å². The van der Waals surface area contributed by atoms with Crippen LogP contribution < -0.4 is 16.0 Å². The summed E-state index contributed by atoms with van der Waals surface area (Å²) in [5.41, 5.74) is 4.47. The van der Waals surface area contributed by atoms with Gasteiger partial charge in [-0.3, -0.25) is 9.59 Å². The summed E-state index contributed by atoms with van der Waals surface area (Å²) in [6.07, 6.45) is 0. The summed E-state index contributed by atoms with van der Waals surface area (Å²) in [5, 5.41) is 8.84. The van der Waals surface area contributed by atoms with Crippen molar-refractivity contribution in [1.29, 1.82) is 0 Å². The second-order valence-corrected chi connectivity index (χ2v) is 5.88. The molecule has 0 aliphatic heterocycles. The second kappa shape index (κ2) is 7.64. The fourth-order valence-electron chi connectivity index (χ4n) is 2.41. The van der Waals surface area contributed by atoms with E-state index in [-0.39, 0.29) is 11.8 Å². The first-order chi connectivity index (χ1) is 11.4. The Morgan fingerprint density at radius 3 is 1.96 bits per heavy atom. The maximum absolute atomic E-state index is 12.4. The lowest BCUT2D eigenvalue weighted by Crippen LogP contribution is -2.32. The molecule has 0 aromatic heterocycles. The van der Waals surface area contributed by atoms with Crippen molar-refractivity contribution in [3.63, 3.8) is 0 Å². The number of rotatable bonds is 5. The van der Waals surface area contributed by atoms with Crippen LogP contribution in [0.1, 0.15) is 25.0 Å². The predicted octanol–water partition coefficient (Wildman–Crippen LogP) is 3.70. The van der Waals surface area contributed by atoms with Gasteiger partial charge in [-0.2, -0.15) is 0 Å². The number of nitrogens with one attached hydrogen (secondary N) is 3. The summed E-state index contributed by atoms with van der Waals surface area (Å²) in [6.45, 7) is 7.22. The Balaban J connectivity index is 2.00. The van der Waals surface area contributed by atoms with Crippen LogP contribution in [0.3, 0.4) is 0 Å². The van der Waals surface area contributed by atoms with E-state index in [1.807, 2.05) is 51.1 Å². The average Bonchev–Trinajstić information content (AvgIpc) is 2.52. The molecule has 126 valence electrons. The molecular formula is C19H23N3O2. The molecule has 0 aliphatic rings. The molecule has 1 atom stereocenters. The second-order valence-electron chi connectivity index (χ2n) is 5.88. The van der Waals surface area contributed by atoms with Crippen molar-refractivity contribution >= 4 is 28.9 Å². The van der Waals surface area contributed by atoms with E-state index in [4.69, 9.17) is 0 Å². The molecule has 2 aromatic rings. The third kappa shape index (κ3) is 4.59. The number of aryl methyl sites for hydroxylation is 2. The summed E-state index contributed by atoms with van der Waals surface area (Å²) < 4.78 is 0. The first kappa shape index (κ1) is 17.5. The zero-order valence-corrected chi connectivity index (χ0v) is 14.4. The monoisotopic (exact) mass is 325 g/mol.